The summed E-state index contributed by atoms with van der Waals surface area (Å²) in [5.41, 5.74) is 2.40. The van der Waals surface area contributed by atoms with Crippen molar-refractivity contribution in [2.75, 3.05) is 13.2 Å². The van der Waals surface area contributed by atoms with Crippen LogP contribution in [0.1, 0.15) is 152 Å². The second-order valence-electron chi connectivity index (χ2n) is 13.4. The minimum Gasteiger partial charge on any atom is -0.376 e. The number of hydrogen-bond donors (Lipinski definition) is 0. The van der Waals surface area contributed by atoms with E-state index in [1.165, 1.54) is 75.3 Å². The molecule has 0 aromatic heterocycles. The Morgan fingerprint density at radius 1 is 0.408 bits per heavy atom. The summed E-state index contributed by atoms with van der Waals surface area (Å²) in [5.74, 6) is 0. The average Bonchev–Trinajstić information content (AvgIpc) is 3.12. The number of hydrogen-bond acceptors (Lipinski definition) is 3. The number of benzene rings is 1. The van der Waals surface area contributed by atoms with Gasteiger partial charge >= 0.3 is 0 Å². The van der Waals surface area contributed by atoms with Gasteiger partial charge in [-0.1, -0.05) is 98.6 Å². The maximum absolute atomic E-state index is 6.40. The Bertz CT molecular complexity index is 959. The first-order valence-electron chi connectivity index (χ1n) is 19.9. The Hall–Kier alpha value is -2.46. The van der Waals surface area contributed by atoms with E-state index in [-0.39, 0.29) is 12.2 Å². The topological polar surface area (TPSA) is 27.7 Å². The zero-order chi connectivity index (χ0) is 35.3. The van der Waals surface area contributed by atoms with Crippen LogP contribution in [0.25, 0.3) is 0 Å². The summed E-state index contributed by atoms with van der Waals surface area (Å²) >= 11 is 0. The molecule has 0 bridgehead atoms. The number of unbranched alkanes of at least 4 members (excludes halogenated alkanes) is 12. The fraction of sp³-hybridized carbons (Fsp3) is 0.609. The molecule has 3 heteroatoms. The fourth-order valence-electron chi connectivity index (χ4n) is 5.86. The highest BCUT2D eigenvalue weighted by molar-refractivity contribution is 5.21. The van der Waals surface area contributed by atoms with Crippen LogP contribution in [0.4, 0.5) is 0 Å². The molecule has 2 atom stereocenters. The Morgan fingerprint density at radius 3 is 1.31 bits per heavy atom. The van der Waals surface area contributed by atoms with E-state index in [4.69, 9.17) is 14.2 Å². The van der Waals surface area contributed by atoms with Crippen LogP contribution in [0, 0.1) is 0 Å². The van der Waals surface area contributed by atoms with Gasteiger partial charge in [-0.3, -0.25) is 0 Å². The van der Waals surface area contributed by atoms with E-state index in [2.05, 4.69) is 74.9 Å². The lowest BCUT2D eigenvalue weighted by Crippen LogP contribution is -2.16. The van der Waals surface area contributed by atoms with Crippen LogP contribution in [0.5, 0.6) is 0 Å². The second-order valence-corrected chi connectivity index (χ2v) is 13.4. The molecule has 1 aromatic carbocycles. The van der Waals surface area contributed by atoms with Gasteiger partial charge in [0.05, 0.1) is 38.6 Å². The van der Waals surface area contributed by atoms with Crippen LogP contribution in [0.2, 0.25) is 0 Å². The van der Waals surface area contributed by atoms with Crippen molar-refractivity contribution in [3.05, 3.63) is 110 Å². The summed E-state index contributed by atoms with van der Waals surface area (Å²) in [7, 11) is 0. The van der Waals surface area contributed by atoms with Crippen molar-refractivity contribution in [1.82, 2.24) is 0 Å². The molecule has 0 saturated carbocycles. The molecule has 0 heterocycles. The first-order chi connectivity index (χ1) is 24.2. The zero-order valence-corrected chi connectivity index (χ0v) is 31.5. The van der Waals surface area contributed by atoms with Gasteiger partial charge in [-0.05, 0) is 127 Å². The average molecular weight is 675 g/mol. The lowest BCUT2D eigenvalue weighted by Gasteiger charge is -2.18. The third-order valence-corrected chi connectivity index (χ3v) is 8.93. The maximum Gasteiger partial charge on any atom is 0.0720 e. The van der Waals surface area contributed by atoms with Gasteiger partial charge < -0.3 is 14.2 Å². The molecule has 0 aliphatic heterocycles. The van der Waals surface area contributed by atoms with Gasteiger partial charge in [0.2, 0.25) is 0 Å². The van der Waals surface area contributed by atoms with E-state index in [1.807, 2.05) is 24.3 Å². The van der Waals surface area contributed by atoms with Crippen LogP contribution in [-0.2, 0) is 27.4 Å². The lowest BCUT2D eigenvalue weighted by molar-refractivity contribution is -0.00636. The Balaban J connectivity index is 2.32. The monoisotopic (exact) mass is 675 g/mol. The molecule has 0 spiro atoms. The van der Waals surface area contributed by atoms with E-state index in [0.717, 1.165) is 77.0 Å². The van der Waals surface area contributed by atoms with Crippen LogP contribution in [0.15, 0.2) is 99.2 Å². The predicted octanol–water partition coefficient (Wildman–Crippen LogP) is 13.9. The number of ether oxygens (including phenoxy) is 3. The van der Waals surface area contributed by atoms with Gasteiger partial charge in [0, 0.05) is 0 Å². The maximum atomic E-state index is 6.40. The van der Waals surface area contributed by atoms with Crippen LogP contribution in [-0.4, -0.2) is 25.4 Å². The quantitative estimate of drug-likeness (QED) is 0.0519. The molecule has 2 unspecified atom stereocenters. The van der Waals surface area contributed by atoms with E-state index < -0.39 is 0 Å². The van der Waals surface area contributed by atoms with Gasteiger partial charge in [0.1, 0.15) is 0 Å². The van der Waals surface area contributed by atoms with Gasteiger partial charge in [-0.25, -0.2) is 0 Å². The molecule has 276 valence electrons. The summed E-state index contributed by atoms with van der Waals surface area (Å²) in [6.07, 6.45) is 43.9. The third kappa shape index (κ3) is 29.0. The van der Waals surface area contributed by atoms with Crippen molar-refractivity contribution in [1.29, 1.82) is 0 Å². The van der Waals surface area contributed by atoms with Crippen molar-refractivity contribution in [3.8, 4) is 0 Å². The summed E-state index contributed by atoms with van der Waals surface area (Å²) in [6.45, 7) is 17.9. The zero-order valence-electron chi connectivity index (χ0n) is 31.5. The van der Waals surface area contributed by atoms with E-state index in [0.29, 0.717) is 26.4 Å². The van der Waals surface area contributed by atoms with E-state index in [1.54, 1.807) is 0 Å². The number of rotatable bonds is 37. The molecule has 0 N–H and O–H groups in total. The SMILES string of the molecule is C=CCCCCCC/C=C/CCC(CCCC=C)OCCOCc1ccc(COC(CC/C=C/CCCCCCC=C)CCCC=C)cc1. The molecule has 49 heavy (non-hydrogen) atoms. The highest BCUT2D eigenvalue weighted by Gasteiger charge is 2.10. The molecule has 0 amide bonds. The van der Waals surface area contributed by atoms with Crippen molar-refractivity contribution in [3.63, 3.8) is 0 Å². The third-order valence-electron chi connectivity index (χ3n) is 8.93. The van der Waals surface area contributed by atoms with E-state index in [9.17, 15) is 0 Å². The molecule has 0 radical (unpaired) electrons. The molecule has 3 nitrogen and oxygen atoms in total. The summed E-state index contributed by atoms with van der Waals surface area (Å²) in [5, 5.41) is 0. The summed E-state index contributed by atoms with van der Waals surface area (Å²) < 4.78 is 18.6. The molecule has 1 rings (SSSR count). The second kappa shape index (κ2) is 35.4. The standard InChI is InChI=1S/C46H74O3/c1-5-9-13-15-17-19-21-23-25-29-33-45(31-27-11-7-3)48-40-39-47-41-43-35-37-44(38-36-43)42-49-46(32-28-12-8-4)34-30-26-24-22-20-18-16-14-10-6-2/h5-8,23-26,35-38,45-46H,1-4,9-22,27-34,39-42H2/b25-23+,26-24+. The molecular formula is C46H74O3. The summed E-state index contributed by atoms with van der Waals surface area (Å²) in [6, 6.07) is 8.68. The van der Waals surface area contributed by atoms with E-state index >= 15 is 0 Å². The highest BCUT2D eigenvalue weighted by atomic mass is 16.5. The van der Waals surface area contributed by atoms with Crippen molar-refractivity contribution < 1.29 is 14.2 Å². The van der Waals surface area contributed by atoms with Crippen molar-refractivity contribution in [2.24, 2.45) is 0 Å². The minimum atomic E-state index is 0.283. The molecule has 0 aliphatic rings. The molecule has 0 saturated heterocycles. The molecule has 1 aromatic rings. The smallest absolute Gasteiger partial charge is 0.0720 e. The Kier molecular flexibility index (Phi) is 32.2. The van der Waals surface area contributed by atoms with Crippen LogP contribution < -0.4 is 0 Å². The first kappa shape index (κ1) is 44.6. The largest absolute Gasteiger partial charge is 0.376 e. The minimum absolute atomic E-state index is 0.283. The van der Waals surface area contributed by atoms with Crippen LogP contribution in [0.3, 0.4) is 0 Å². The Labute approximate surface area is 303 Å². The fourth-order valence-corrected chi connectivity index (χ4v) is 5.86. The van der Waals surface area contributed by atoms with Gasteiger partial charge in [-0.15, -0.1) is 26.3 Å². The van der Waals surface area contributed by atoms with Gasteiger partial charge in [-0.2, -0.15) is 0 Å². The number of allylic oxidation sites excluding steroid dienone is 8. The highest BCUT2D eigenvalue weighted by Crippen LogP contribution is 2.17. The first-order valence-corrected chi connectivity index (χ1v) is 19.9. The predicted molar refractivity (Wildman–Crippen MR) is 215 cm³/mol. The van der Waals surface area contributed by atoms with Gasteiger partial charge in [0.15, 0.2) is 0 Å². The molecule has 0 fully saturated rings. The van der Waals surface area contributed by atoms with Gasteiger partial charge in [0.25, 0.3) is 0 Å². The molecule has 0 aliphatic carbocycles. The van der Waals surface area contributed by atoms with Crippen molar-refractivity contribution >= 4 is 0 Å². The lowest BCUT2D eigenvalue weighted by atomic mass is 10.1. The molecular weight excluding hydrogens is 601 g/mol. The normalized spacial score (nSPS) is 12.8. The summed E-state index contributed by atoms with van der Waals surface area (Å²) in [4.78, 5) is 0. The van der Waals surface area contributed by atoms with Crippen LogP contribution >= 0.6 is 0 Å². The van der Waals surface area contributed by atoms with Crippen molar-refractivity contribution in [2.45, 2.75) is 167 Å². The Morgan fingerprint density at radius 2 is 0.816 bits per heavy atom.